The van der Waals surface area contributed by atoms with E-state index in [1.54, 1.807) is 0 Å². The first-order valence-electron chi connectivity index (χ1n) is 4.27. The molecule has 0 aromatic rings. The molecule has 0 rings (SSSR count). The van der Waals surface area contributed by atoms with Crippen LogP contribution in [0.1, 0.15) is 20.3 Å². The summed E-state index contributed by atoms with van der Waals surface area (Å²) in [7, 11) is 0. The molecule has 0 aliphatic carbocycles. The van der Waals surface area contributed by atoms with Crippen molar-refractivity contribution in [1.82, 2.24) is 5.32 Å². The van der Waals surface area contributed by atoms with E-state index >= 15 is 0 Å². The second-order valence-corrected chi connectivity index (χ2v) is 3.73. The molecule has 0 aromatic heterocycles. The third kappa shape index (κ3) is 5.87. The molecule has 0 aliphatic rings. The van der Waals surface area contributed by atoms with Crippen LogP contribution in [-0.4, -0.2) is 18.5 Å². The fraction of sp³-hybridized carbons (Fsp3) is 0.778. The third-order valence-electron chi connectivity index (χ3n) is 1.81. The van der Waals surface area contributed by atoms with Crippen molar-refractivity contribution in [3.63, 3.8) is 0 Å². The number of alkyl halides is 1. The van der Waals surface area contributed by atoms with Gasteiger partial charge >= 0.3 is 0 Å². The molecule has 3 heteroatoms. The normalized spacial score (nSPS) is 14.4. The van der Waals surface area contributed by atoms with Crippen LogP contribution in [0.25, 0.3) is 0 Å². The first-order valence-corrected chi connectivity index (χ1v) is 5.24. The molecule has 12 heavy (non-hydrogen) atoms. The predicted octanol–water partition coefficient (Wildman–Crippen LogP) is 2.98. The molecule has 0 fully saturated rings. The molecule has 0 saturated heterocycles. The van der Waals surface area contributed by atoms with E-state index < -0.39 is 0 Å². The van der Waals surface area contributed by atoms with Crippen LogP contribution in [-0.2, 0) is 0 Å². The summed E-state index contributed by atoms with van der Waals surface area (Å²) in [5, 5.41) is 3.37. The van der Waals surface area contributed by atoms with Gasteiger partial charge in [-0.15, -0.1) is 11.6 Å². The van der Waals surface area contributed by atoms with Gasteiger partial charge in [0.15, 0.2) is 0 Å². The number of hydrogen-bond acceptors (Lipinski definition) is 1. The van der Waals surface area contributed by atoms with Gasteiger partial charge in [-0.1, -0.05) is 31.5 Å². The van der Waals surface area contributed by atoms with Gasteiger partial charge in [0.2, 0.25) is 0 Å². The average Bonchev–Trinajstić information content (AvgIpc) is 2.03. The number of hydrogen-bond donors (Lipinski definition) is 1. The van der Waals surface area contributed by atoms with Crippen LogP contribution in [0.3, 0.4) is 0 Å². The zero-order chi connectivity index (χ0) is 9.40. The monoisotopic (exact) mass is 209 g/mol. The van der Waals surface area contributed by atoms with Crippen molar-refractivity contribution in [2.24, 2.45) is 5.92 Å². The highest BCUT2D eigenvalue weighted by Gasteiger charge is 2.10. The molecule has 0 amide bonds. The SMILES string of the molecule is CC(C)C(CCCl)NC/C=C/Cl. The van der Waals surface area contributed by atoms with Gasteiger partial charge in [0.25, 0.3) is 0 Å². The van der Waals surface area contributed by atoms with Gasteiger partial charge in [-0.25, -0.2) is 0 Å². The maximum absolute atomic E-state index is 5.67. The van der Waals surface area contributed by atoms with Crippen LogP contribution < -0.4 is 5.32 Å². The van der Waals surface area contributed by atoms with Gasteiger partial charge in [-0.2, -0.15) is 0 Å². The smallest absolute Gasteiger partial charge is 0.0238 e. The van der Waals surface area contributed by atoms with E-state index in [0.29, 0.717) is 17.8 Å². The lowest BCUT2D eigenvalue weighted by Gasteiger charge is -2.20. The Hall–Kier alpha value is 0.280. The molecule has 0 radical (unpaired) electrons. The largest absolute Gasteiger partial charge is 0.310 e. The Morgan fingerprint density at radius 3 is 2.50 bits per heavy atom. The van der Waals surface area contributed by atoms with Crippen molar-refractivity contribution < 1.29 is 0 Å². The summed E-state index contributed by atoms with van der Waals surface area (Å²) in [4.78, 5) is 0. The summed E-state index contributed by atoms with van der Waals surface area (Å²) in [5.74, 6) is 1.33. The Morgan fingerprint density at radius 2 is 2.08 bits per heavy atom. The van der Waals surface area contributed by atoms with Gasteiger partial charge in [0, 0.05) is 24.0 Å². The van der Waals surface area contributed by atoms with Crippen molar-refractivity contribution >= 4 is 23.2 Å². The first kappa shape index (κ1) is 12.3. The maximum atomic E-state index is 5.67. The summed E-state index contributed by atoms with van der Waals surface area (Å²) in [5.41, 5.74) is 1.53. The molecule has 0 aromatic carbocycles. The topological polar surface area (TPSA) is 12.0 Å². The highest BCUT2D eigenvalue weighted by molar-refractivity contribution is 6.25. The van der Waals surface area contributed by atoms with Crippen LogP contribution in [0.4, 0.5) is 0 Å². The van der Waals surface area contributed by atoms with Gasteiger partial charge < -0.3 is 5.32 Å². The molecule has 0 heterocycles. The Bertz CT molecular complexity index is 124. The highest BCUT2D eigenvalue weighted by atomic mass is 35.5. The van der Waals surface area contributed by atoms with E-state index in [2.05, 4.69) is 19.2 Å². The number of rotatable bonds is 6. The van der Waals surface area contributed by atoms with E-state index in [-0.39, 0.29) is 0 Å². The summed E-state index contributed by atoms with van der Waals surface area (Å²) in [6.07, 6.45) is 2.90. The standard InChI is InChI=1S/C9H17Cl2N/c1-8(2)9(4-6-11)12-7-3-5-10/h3,5,8-9,12H,4,6-7H2,1-2H3/b5-3+. The summed E-state index contributed by atoms with van der Waals surface area (Å²) >= 11 is 11.1. The first-order chi connectivity index (χ1) is 5.72. The Kier molecular flexibility index (Phi) is 8.09. The highest BCUT2D eigenvalue weighted by Crippen LogP contribution is 2.06. The zero-order valence-electron chi connectivity index (χ0n) is 7.69. The molecule has 1 atom stereocenters. The quantitative estimate of drug-likeness (QED) is 0.664. The maximum Gasteiger partial charge on any atom is 0.0238 e. The van der Waals surface area contributed by atoms with Crippen LogP contribution in [0.5, 0.6) is 0 Å². The minimum absolute atomic E-state index is 0.496. The van der Waals surface area contributed by atoms with E-state index in [1.807, 2.05) is 6.08 Å². The fourth-order valence-corrected chi connectivity index (χ4v) is 1.38. The second kappa shape index (κ2) is 7.90. The molecule has 1 N–H and O–H groups in total. The molecule has 72 valence electrons. The van der Waals surface area contributed by atoms with Gasteiger partial charge in [-0.05, 0) is 12.3 Å². The number of halogens is 2. The summed E-state index contributed by atoms with van der Waals surface area (Å²) in [6, 6.07) is 0.496. The lowest BCUT2D eigenvalue weighted by atomic mass is 10.0. The molecular formula is C9H17Cl2N. The van der Waals surface area contributed by atoms with Crippen LogP contribution in [0, 0.1) is 5.92 Å². The van der Waals surface area contributed by atoms with Crippen molar-refractivity contribution in [1.29, 1.82) is 0 Å². The van der Waals surface area contributed by atoms with E-state index in [1.165, 1.54) is 5.54 Å². The van der Waals surface area contributed by atoms with E-state index in [9.17, 15) is 0 Å². The molecular weight excluding hydrogens is 193 g/mol. The molecule has 0 aliphatic heterocycles. The molecule has 0 spiro atoms. The number of nitrogens with one attached hydrogen (secondary N) is 1. The van der Waals surface area contributed by atoms with Crippen molar-refractivity contribution in [3.8, 4) is 0 Å². The van der Waals surface area contributed by atoms with Crippen molar-refractivity contribution in [2.45, 2.75) is 26.3 Å². The Balaban J connectivity index is 3.63. The Morgan fingerprint density at radius 1 is 1.42 bits per heavy atom. The summed E-state index contributed by atoms with van der Waals surface area (Å²) < 4.78 is 0. The van der Waals surface area contributed by atoms with E-state index in [0.717, 1.165) is 13.0 Å². The lowest BCUT2D eigenvalue weighted by molar-refractivity contribution is 0.405. The van der Waals surface area contributed by atoms with Crippen LogP contribution in [0.15, 0.2) is 11.6 Å². The minimum Gasteiger partial charge on any atom is -0.310 e. The molecule has 0 saturated carbocycles. The minimum atomic E-state index is 0.496. The second-order valence-electron chi connectivity index (χ2n) is 3.10. The van der Waals surface area contributed by atoms with Crippen LogP contribution in [0.2, 0.25) is 0 Å². The predicted molar refractivity (Wildman–Crippen MR) is 57.0 cm³/mol. The van der Waals surface area contributed by atoms with Gasteiger partial charge in [-0.3, -0.25) is 0 Å². The summed E-state index contributed by atoms with van der Waals surface area (Å²) in [6.45, 7) is 5.20. The average molecular weight is 210 g/mol. The molecule has 1 unspecified atom stereocenters. The van der Waals surface area contributed by atoms with Crippen molar-refractivity contribution in [2.75, 3.05) is 12.4 Å². The van der Waals surface area contributed by atoms with E-state index in [4.69, 9.17) is 23.2 Å². The Labute approximate surface area is 85.1 Å². The van der Waals surface area contributed by atoms with Crippen molar-refractivity contribution in [3.05, 3.63) is 11.6 Å². The van der Waals surface area contributed by atoms with Gasteiger partial charge in [0.1, 0.15) is 0 Å². The molecule has 1 nitrogen and oxygen atoms in total. The van der Waals surface area contributed by atoms with Gasteiger partial charge in [0.05, 0.1) is 0 Å². The molecule has 0 bridgehead atoms. The lowest BCUT2D eigenvalue weighted by Crippen LogP contribution is -2.34. The van der Waals surface area contributed by atoms with Crippen LogP contribution >= 0.6 is 23.2 Å². The third-order valence-corrected chi connectivity index (χ3v) is 2.21. The zero-order valence-corrected chi connectivity index (χ0v) is 9.20. The fourth-order valence-electron chi connectivity index (χ4n) is 1.05.